The zero-order chi connectivity index (χ0) is 13.9. The third kappa shape index (κ3) is 3.99. The summed E-state index contributed by atoms with van der Waals surface area (Å²) in [6.07, 6.45) is 0. The first-order valence-electron chi connectivity index (χ1n) is 5.06. The molecule has 0 heterocycles. The molecule has 0 aliphatic heterocycles. The van der Waals surface area contributed by atoms with Crippen LogP contribution in [-0.2, 0) is 4.79 Å². The summed E-state index contributed by atoms with van der Waals surface area (Å²) in [6.45, 7) is 0.413. The largest absolute Gasteiger partial charge is 0.432 e. The lowest BCUT2D eigenvalue weighted by Gasteiger charge is -2.12. The molecule has 1 amide bonds. The third-order valence-corrected chi connectivity index (χ3v) is 2.56. The Kier molecular flexibility index (Phi) is 5.16. The highest BCUT2D eigenvalue weighted by Gasteiger charge is 2.15. The van der Waals surface area contributed by atoms with Gasteiger partial charge in [0.2, 0.25) is 5.91 Å². The molecule has 0 aromatic heterocycles. The third-order valence-electron chi connectivity index (χ3n) is 2.00. The predicted molar refractivity (Wildman–Crippen MR) is 66.6 cm³/mol. The first-order chi connectivity index (χ1) is 8.31. The van der Waals surface area contributed by atoms with Crippen LogP contribution in [0.5, 0.6) is 5.75 Å². The van der Waals surface area contributed by atoms with Gasteiger partial charge in [-0.3, -0.25) is 4.79 Å². The van der Waals surface area contributed by atoms with Gasteiger partial charge in [-0.15, -0.1) is 0 Å². The van der Waals surface area contributed by atoms with Gasteiger partial charge in [0.05, 0.1) is 10.0 Å². The average molecular weight is 298 g/mol. The second-order valence-corrected chi connectivity index (χ2v) is 4.61. The maximum absolute atomic E-state index is 12.1. The van der Waals surface area contributed by atoms with Gasteiger partial charge >= 0.3 is 6.61 Å². The Morgan fingerprint density at radius 2 is 1.78 bits per heavy atom. The Labute approximate surface area is 113 Å². The van der Waals surface area contributed by atoms with Crippen LogP contribution in [-0.4, -0.2) is 12.5 Å². The summed E-state index contributed by atoms with van der Waals surface area (Å²) in [6, 6.07) is 2.59. The number of amides is 1. The Hall–Kier alpha value is -1.07. The number of hydrogen-bond acceptors (Lipinski definition) is 2. The quantitative estimate of drug-likeness (QED) is 0.905. The van der Waals surface area contributed by atoms with Crippen molar-refractivity contribution in [3.8, 4) is 5.75 Å². The van der Waals surface area contributed by atoms with Crippen molar-refractivity contribution < 1.29 is 18.3 Å². The Morgan fingerprint density at radius 3 is 2.17 bits per heavy atom. The zero-order valence-corrected chi connectivity index (χ0v) is 11.1. The molecule has 0 atom stereocenters. The minimum atomic E-state index is -3.02. The average Bonchev–Trinajstić information content (AvgIpc) is 2.23. The fraction of sp³-hybridized carbons (Fsp3) is 0.364. The van der Waals surface area contributed by atoms with Crippen molar-refractivity contribution in [1.29, 1.82) is 0 Å². The lowest BCUT2D eigenvalue weighted by molar-refractivity contribution is -0.118. The molecule has 1 rings (SSSR count). The highest BCUT2D eigenvalue weighted by molar-refractivity contribution is 6.37. The van der Waals surface area contributed by atoms with Gasteiger partial charge in [-0.25, -0.2) is 0 Å². The normalized spacial score (nSPS) is 10.9. The molecule has 1 N–H and O–H groups in total. The standard InChI is InChI=1S/C11H11Cl2F2NO2/c1-5(2)10(17)16-6-3-7(12)9(8(13)4-6)18-11(14)15/h3-5,11H,1-2H3,(H,16,17). The molecule has 0 saturated heterocycles. The van der Waals surface area contributed by atoms with E-state index in [9.17, 15) is 13.6 Å². The Bertz CT molecular complexity index is 430. The van der Waals surface area contributed by atoms with Crippen molar-refractivity contribution in [2.75, 3.05) is 5.32 Å². The lowest BCUT2D eigenvalue weighted by Crippen LogP contribution is -2.17. The smallest absolute Gasteiger partial charge is 0.387 e. The fourth-order valence-corrected chi connectivity index (χ4v) is 1.70. The predicted octanol–water partition coefficient (Wildman–Crippen LogP) is 4.19. The summed E-state index contributed by atoms with van der Waals surface area (Å²) in [7, 11) is 0. The van der Waals surface area contributed by atoms with Crippen LogP contribution in [0, 0.1) is 5.92 Å². The maximum Gasteiger partial charge on any atom is 0.387 e. The molecule has 100 valence electrons. The lowest BCUT2D eigenvalue weighted by atomic mass is 10.2. The number of carbonyl (C=O) groups is 1. The van der Waals surface area contributed by atoms with Crippen LogP contribution in [0.4, 0.5) is 14.5 Å². The van der Waals surface area contributed by atoms with Crippen LogP contribution in [0.15, 0.2) is 12.1 Å². The maximum atomic E-state index is 12.1. The van der Waals surface area contributed by atoms with E-state index >= 15 is 0 Å². The highest BCUT2D eigenvalue weighted by atomic mass is 35.5. The number of rotatable bonds is 4. The summed E-state index contributed by atoms with van der Waals surface area (Å²) in [5.41, 5.74) is 0.324. The van der Waals surface area contributed by atoms with E-state index in [1.165, 1.54) is 12.1 Å². The van der Waals surface area contributed by atoms with Crippen molar-refractivity contribution >= 4 is 34.8 Å². The number of anilines is 1. The molecule has 0 aliphatic carbocycles. The summed E-state index contributed by atoms with van der Waals surface area (Å²) in [5.74, 6) is -0.764. The topological polar surface area (TPSA) is 38.3 Å². The summed E-state index contributed by atoms with van der Waals surface area (Å²) < 4.78 is 28.3. The first-order valence-corrected chi connectivity index (χ1v) is 5.81. The fourth-order valence-electron chi connectivity index (χ4n) is 1.12. The number of hydrogen-bond donors (Lipinski definition) is 1. The number of alkyl halides is 2. The zero-order valence-electron chi connectivity index (χ0n) is 9.64. The van der Waals surface area contributed by atoms with E-state index in [0.717, 1.165) is 0 Å². The minimum Gasteiger partial charge on any atom is -0.432 e. The van der Waals surface area contributed by atoms with Gasteiger partial charge in [0.15, 0.2) is 5.75 Å². The van der Waals surface area contributed by atoms with Crippen LogP contribution in [0.1, 0.15) is 13.8 Å². The second-order valence-electron chi connectivity index (χ2n) is 3.79. The monoisotopic (exact) mass is 297 g/mol. The molecule has 0 radical (unpaired) electrons. The summed E-state index contributed by atoms with van der Waals surface area (Å²) in [4.78, 5) is 11.4. The minimum absolute atomic E-state index is 0.0955. The van der Waals surface area contributed by atoms with Gasteiger partial charge in [-0.05, 0) is 12.1 Å². The van der Waals surface area contributed by atoms with Crippen molar-refractivity contribution in [3.05, 3.63) is 22.2 Å². The van der Waals surface area contributed by atoms with Crippen LogP contribution in [0.25, 0.3) is 0 Å². The Morgan fingerprint density at radius 1 is 1.28 bits per heavy atom. The van der Waals surface area contributed by atoms with Crippen molar-refractivity contribution in [2.45, 2.75) is 20.5 Å². The van der Waals surface area contributed by atoms with E-state index in [0.29, 0.717) is 5.69 Å². The van der Waals surface area contributed by atoms with Crippen molar-refractivity contribution in [1.82, 2.24) is 0 Å². The molecule has 1 aromatic rings. The highest BCUT2D eigenvalue weighted by Crippen LogP contribution is 2.37. The van der Waals surface area contributed by atoms with Crippen LogP contribution in [0.2, 0.25) is 10.0 Å². The molecule has 18 heavy (non-hydrogen) atoms. The van der Waals surface area contributed by atoms with E-state index in [4.69, 9.17) is 23.2 Å². The van der Waals surface area contributed by atoms with Crippen LogP contribution in [0.3, 0.4) is 0 Å². The molecule has 0 spiro atoms. The molecular formula is C11H11Cl2F2NO2. The van der Waals surface area contributed by atoms with E-state index in [2.05, 4.69) is 10.1 Å². The molecule has 0 saturated carbocycles. The molecule has 3 nitrogen and oxygen atoms in total. The van der Waals surface area contributed by atoms with Gasteiger partial charge < -0.3 is 10.1 Å². The SMILES string of the molecule is CC(C)C(=O)Nc1cc(Cl)c(OC(F)F)c(Cl)c1. The number of ether oxygens (including phenoxy) is 1. The van der Waals surface area contributed by atoms with Gasteiger partial charge in [-0.1, -0.05) is 37.0 Å². The molecule has 0 aliphatic rings. The first kappa shape index (κ1) is 15.0. The van der Waals surface area contributed by atoms with E-state index in [1.54, 1.807) is 13.8 Å². The van der Waals surface area contributed by atoms with E-state index < -0.39 is 6.61 Å². The number of halogens is 4. The van der Waals surface area contributed by atoms with Crippen LogP contribution < -0.4 is 10.1 Å². The summed E-state index contributed by atoms with van der Waals surface area (Å²) in [5, 5.41) is 2.36. The summed E-state index contributed by atoms with van der Waals surface area (Å²) >= 11 is 11.5. The molecule has 0 unspecified atom stereocenters. The molecular weight excluding hydrogens is 287 g/mol. The molecule has 0 fully saturated rings. The molecule has 7 heteroatoms. The van der Waals surface area contributed by atoms with Crippen molar-refractivity contribution in [2.24, 2.45) is 5.92 Å². The number of nitrogens with one attached hydrogen (secondary N) is 1. The molecule has 0 bridgehead atoms. The molecule has 1 aromatic carbocycles. The van der Waals surface area contributed by atoms with Gasteiger partial charge in [0.25, 0.3) is 0 Å². The van der Waals surface area contributed by atoms with Crippen molar-refractivity contribution in [3.63, 3.8) is 0 Å². The van der Waals surface area contributed by atoms with E-state index in [-0.39, 0.29) is 27.6 Å². The number of benzene rings is 1. The van der Waals surface area contributed by atoms with Gasteiger partial charge in [0.1, 0.15) is 0 Å². The van der Waals surface area contributed by atoms with Crippen LogP contribution >= 0.6 is 23.2 Å². The second kappa shape index (κ2) is 6.20. The van der Waals surface area contributed by atoms with Gasteiger partial charge in [-0.2, -0.15) is 8.78 Å². The number of carbonyl (C=O) groups excluding carboxylic acids is 1. The van der Waals surface area contributed by atoms with Gasteiger partial charge in [0, 0.05) is 11.6 Å². The van der Waals surface area contributed by atoms with E-state index in [1.807, 2.05) is 0 Å². The Balaban J connectivity index is 2.96.